The topological polar surface area (TPSA) is 30.5 Å². The Morgan fingerprint density at radius 3 is 2.89 bits per heavy atom. The van der Waals surface area contributed by atoms with Gasteiger partial charge in [0.15, 0.2) is 0 Å². The lowest BCUT2D eigenvalue weighted by Gasteiger charge is -2.19. The standard InChI is InChI=1S/C15H24ClNO2/c1-3-9-17-14(7-5-10-18-2)12-19-15-8-4-6-13(16)11-15/h4,6,8,11,14,17H,3,5,7,9-10,12H2,1-2H3. The second kappa shape index (κ2) is 10.1. The molecule has 108 valence electrons. The normalized spacial score (nSPS) is 12.4. The summed E-state index contributed by atoms with van der Waals surface area (Å²) < 4.78 is 10.9. The Hall–Kier alpha value is -0.770. The van der Waals surface area contributed by atoms with Crippen LogP contribution in [-0.2, 0) is 4.74 Å². The summed E-state index contributed by atoms with van der Waals surface area (Å²) in [5, 5.41) is 4.20. The van der Waals surface area contributed by atoms with E-state index in [1.165, 1.54) is 0 Å². The number of halogens is 1. The van der Waals surface area contributed by atoms with Crippen LogP contribution in [0.3, 0.4) is 0 Å². The van der Waals surface area contributed by atoms with E-state index in [0.29, 0.717) is 17.7 Å². The van der Waals surface area contributed by atoms with E-state index in [4.69, 9.17) is 21.1 Å². The van der Waals surface area contributed by atoms with Gasteiger partial charge in [-0.2, -0.15) is 0 Å². The van der Waals surface area contributed by atoms with Crippen molar-refractivity contribution in [1.29, 1.82) is 0 Å². The summed E-state index contributed by atoms with van der Waals surface area (Å²) in [7, 11) is 1.73. The maximum absolute atomic E-state index is 5.93. The lowest BCUT2D eigenvalue weighted by atomic mass is 10.1. The van der Waals surface area contributed by atoms with Crippen molar-refractivity contribution >= 4 is 11.6 Å². The molecule has 1 aromatic rings. The second-order valence-electron chi connectivity index (χ2n) is 4.55. The molecule has 1 N–H and O–H groups in total. The van der Waals surface area contributed by atoms with Crippen molar-refractivity contribution in [1.82, 2.24) is 5.32 Å². The third-order valence-corrected chi connectivity index (χ3v) is 3.07. The van der Waals surface area contributed by atoms with Gasteiger partial charge in [0.1, 0.15) is 12.4 Å². The van der Waals surface area contributed by atoms with Crippen LogP contribution in [0, 0.1) is 0 Å². The third kappa shape index (κ3) is 7.41. The van der Waals surface area contributed by atoms with E-state index < -0.39 is 0 Å². The summed E-state index contributed by atoms with van der Waals surface area (Å²) in [6.07, 6.45) is 3.21. The summed E-state index contributed by atoms with van der Waals surface area (Å²) in [5.41, 5.74) is 0. The average molecular weight is 286 g/mol. The van der Waals surface area contributed by atoms with Crippen molar-refractivity contribution in [3.05, 3.63) is 29.3 Å². The Morgan fingerprint density at radius 1 is 1.37 bits per heavy atom. The van der Waals surface area contributed by atoms with E-state index in [2.05, 4.69) is 12.2 Å². The number of ether oxygens (including phenoxy) is 2. The zero-order chi connectivity index (χ0) is 13.9. The first-order valence-electron chi connectivity index (χ1n) is 6.87. The van der Waals surface area contributed by atoms with E-state index in [9.17, 15) is 0 Å². The Bertz CT molecular complexity index is 347. The lowest BCUT2D eigenvalue weighted by molar-refractivity contribution is 0.180. The van der Waals surface area contributed by atoms with Crippen LogP contribution < -0.4 is 10.1 Å². The molecule has 0 amide bonds. The summed E-state index contributed by atoms with van der Waals surface area (Å²) in [6.45, 7) is 4.62. The largest absolute Gasteiger partial charge is 0.492 e. The highest BCUT2D eigenvalue weighted by atomic mass is 35.5. The molecule has 1 aromatic carbocycles. The van der Waals surface area contributed by atoms with Crippen molar-refractivity contribution < 1.29 is 9.47 Å². The van der Waals surface area contributed by atoms with Crippen LogP contribution in [0.2, 0.25) is 5.02 Å². The van der Waals surface area contributed by atoms with Crippen molar-refractivity contribution in [2.75, 3.05) is 26.9 Å². The van der Waals surface area contributed by atoms with Gasteiger partial charge in [0, 0.05) is 24.8 Å². The molecule has 0 fully saturated rings. The molecule has 1 atom stereocenters. The summed E-state index contributed by atoms with van der Waals surface area (Å²) in [6, 6.07) is 7.87. The maximum atomic E-state index is 5.93. The van der Waals surface area contributed by atoms with E-state index >= 15 is 0 Å². The minimum atomic E-state index is 0.356. The van der Waals surface area contributed by atoms with Gasteiger partial charge in [-0.05, 0) is 44.0 Å². The van der Waals surface area contributed by atoms with Crippen LogP contribution in [0.5, 0.6) is 5.75 Å². The van der Waals surface area contributed by atoms with Crippen molar-refractivity contribution in [3.63, 3.8) is 0 Å². The first-order chi connectivity index (χ1) is 9.26. The fourth-order valence-corrected chi connectivity index (χ4v) is 2.00. The Kier molecular flexibility index (Phi) is 8.63. The summed E-state index contributed by atoms with van der Waals surface area (Å²) >= 11 is 5.93. The van der Waals surface area contributed by atoms with E-state index in [-0.39, 0.29) is 0 Å². The quantitative estimate of drug-likeness (QED) is 0.667. The minimum Gasteiger partial charge on any atom is -0.492 e. The van der Waals surface area contributed by atoms with Crippen molar-refractivity contribution in [3.8, 4) is 5.75 Å². The number of hydrogen-bond acceptors (Lipinski definition) is 3. The SMILES string of the molecule is CCCNC(CCCOC)COc1cccc(Cl)c1. The highest BCUT2D eigenvalue weighted by Gasteiger charge is 2.08. The van der Waals surface area contributed by atoms with Gasteiger partial charge >= 0.3 is 0 Å². The molecular formula is C15H24ClNO2. The first-order valence-corrected chi connectivity index (χ1v) is 7.24. The highest BCUT2D eigenvalue weighted by Crippen LogP contribution is 2.17. The monoisotopic (exact) mass is 285 g/mol. The van der Waals surface area contributed by atoms with Gasteiger partial charge in [0.2, 0.25) is 0 Å². The van der Waals surface area contributed by atoms with Gasteiger partial charge < -0.3 is 14.8 Å². The lowest BCUT2D eigenvalue weighted by Crippen LogP contribution is -2.35. The molecule has 0 aliphatic carbocycles. The predicted molar refractivity (Wildman–Crippen MR) is 80.1 cm³/mol. The Morgan fingerprint density at radius 2 is 2.21 bits per heavy atom. The molecule has 0 aliphatic rings. The second-order valence-corrected chi connectivity index (χ2v) is 4.99. The van der Waals surface area contributed by atoms with Crippen LogP contribution in [0.25, 0.3) is 0 Å². The number of nitrogens with one attached hydrogen (secondary N) is 1. The molecule has 0 radical (unpaired) electrons. The molecule has 0 aromatic heterocycles. The van der Waals surface area contributed by atoms with Crippen LogP contribution >= 0.6 is 11.6 Å². The maximum Gasteiger partial charge on any atom is 0.120 e. The molecule has 0 spiro atoms. The van der Waals surface area contributed by atoms with E-state index in [0.717, 1.165) is 38.2 Å². The molecule has 4 heteroatoms. The molecule has 1 rings (SSSR count). The van der Waals surface area contributed by atoms with Crippen LogP contribution in [0.15, 0.2) is 24.3 Å². The number of methoxy groups -OCH3 is 1. The fourth-order valence-electron chi connectivity index (χ4n) is 1.82. The summed E-state index contributed by atoms with van der Waals surface area (Å²) in [5.74, 6) is 0.822. The smallest absolute Gasteiger partial charge is 0.120 e. The van der Waals surface area contributed by atoms with Crippen molar-refractivity contribution in [2.24, 2.45) is 0 Å². The van der Waals surface area contributed by atoms with E-state index in [1.807, 2.05) is 24.3 Å². The van der Waals surface area contributed by atoms with Gasteiger partial charge in [0.25, 0.3) is 0 Å². The Labute approximate surface area is 121 Å². The minimum absolute atomic E-state index is 0.356. The zero-order valence-electron chi connectivity index (χ0n) is 11.8. The first kappa shape index (κ1) is 16.3. The third-order valence-electron chi connectivity index (χ3n) is 2.83. The van der Waals surface area contributed by atoms with Crippen LogP contribution in [-0.4, -0.2) is 32.9 Å². The number of rotatable bonds is 10. The molecule has 1 unspecified atom stereocenters. The molecule has 19 heavy (non-hydrogen) atoms. The van der Waals surface area contributed by atoms with Crippen molar-refractivity contribution in [2.45, 2.75) is 32.2 Å². The predicted octanol–water partition coefficient (Wildman–Crippen LogP) is 3.51. The zero-order valence-corrected chi connectivity index (χ0v) is 12.6. The molecular weight excluding hydrogens is 262 g/mol. The summed E-state index contributed by atoms with van der Waals surface area (Å²) in [4.78, 5) is 0. The molecule has 0 heterocycles. The molecule has 0 saturated heterocycles. The molecule has 0 saturated carbocycles. The van der Waals surface area contributed by atoms with Gasteiger partial charge in [-0.1, -0.05) is 24.6 Å². The number of hydrogen-bond donors (Lipinski definition) is 1. The van der Waals surface area contributed by atoms with Gasteiger partial charge in [-0.3, -0.25) is 0 Å². The van der Waals surface area contributed by atoms with E-state index in [1.54, 1.807) is 7.11 Å². The van der Waals surface area contributed by atoms with Gasteiger partial charge in [-0.25, -0.2) is 0 Å². The van der Waals surface area contributed by atoms with Crippen LogP contribution in [0.1, 0.15) is 26.2 Å². The molecule has 3 nitrogen and oxygen atoms in total. The highest BCUT2D eigenvalue weighted by molar-refractivity contribution is 6.30. The van der Waals surface area contributed by atoms with Gasteiger partial charge in [0.05, 0.1) is 0 Å². The fraction of sp³-hybridized carbons (Fsp3) is 0.600. The van der Waals surface area contributed by atoms with Gasteiger partial charge in [-0.15, -0.1) is 0 Å². The molecule has 0 aliphatic heterocycles. The Balaban J connectivity index is 2.37. The average Bonchev–Trinajstić information content (AvgIpc) is 2.41. The molecule has 0 bridgehead atoms. The number of benzene rings is 1. The van der Waals surface area contributed by atoms with Crippen LogP contribution in [0.4, 0.5) is 0 Å².